The summed E-state index contributed by atoms with van der Waals surface area (Å²) in [6.45, 7) is 0.0900. The van der Waals surface area contributed by atoms with Crippen molar-refractivity contribution in [1.29, 1.82) is 0 Å². The van der Waals surface area contributed by atoms with E-state index in [1.54, 1.807) is 24.5 Å². The second-order valence-electron chi connectivity index (χ2n) is 4.26. The molecule has 2 N–H and O–H groups in total. The third-order valence-corrected chi connectivity index (χ3v) is 3.89. The maximum atomic E-state index is 12.0. The van der Waals surface area contributed by atoms with Crippen molar-refractivity contribution in [2.75, 3.05) is 12.3 Å². The molecule has 0 spiro atoms. The van der Waals surface area contributed by atoms with Crippen LogP contribution in [0.5, 0.6) is 0 Å². The molecule has 0 aromatic carbocycles. The Morgan fingerprint density at radius 2 is 2.11 bits per heavy atom. The van der Waals surface area contributed by atoms with Crippen molar-refractivity contribution >= 4 is 23.6 Å². The molecular weight excluding hydrogens is 268 g/mol. The number of aliphatic hydroxyl groups excluding tert-OH is 1. The fourth-order valence-corrected chi connectivity index (χ4v) is 2.76. The van der Waals surface area contributed by atoms with Crippen LogP contribution >= 0.6 is 11.8 Å². The molecule has 0 aliphatic carbocycles. The number of nitrogens with zero attached hydrogens (tertiary/aromatic N) is 2. The van der Waals surface area contributed by atoms with Crippen LogP contribution in [-0.2, 0) is 9.59 Å². The summed E-state index contributed by atoms with van der Waals surface area (Å²) < 4.78 is 0. The van der Waals surface area contributed by atoms with Crippen molar-refractivity contribution in [3.63, 3.8) is 0 Å². The van der Waals surface area contributed by atoms with Gasteiger partial charge in [-0.15, -0.1) is 11.8 Å². The summed E-state index contributed by atoms with van der Waals surface area (Å²) in [6.07, 6.45) is 2.61. The second kappa shape index (κ2) is 6.03. The Bertz CT molecular complexity index is 468. The predicted octanol–water partition coefficient (Wildman–Crippen LogP) is 0.220. The quantitative estimate of drug-likeness (QED) is 0.768. The van der Waals surface area contributed by atoms with E-state index in [1.807, 2.05) is 0 Å². The van der Waals surface area contributed by atoms with E-state index in [0.717, 1.165) is 4.90 Å². The van der Waals surface area contributed by atoms with Crippen molar-refractivity contribution in [3.8, 4) is 0 Å². The van der Waals surface area contributed by atoms with Crippen molar-refractivity contribution in [2.45, 2.75) is 23.5 Å². The Hall–Kier alpha value is -1.60. The molecular formula is C12H14N2O4S. The van der Waals surface area contributed by atoms with Crippen LogP contribution in [0.4, 0.5) is 0 Å². The molecule has 2 heterocycles. The number of carboxylic acids is 1. The van der Waals surface area contributed by atoms with E-state index in [-0.39, 0.29) is 24.6 Å². The molecule has 0 radical (unpaired) electrons. The topological polar surface area (TPSA) is 90.7 Å². The van der Waals surface area contributed by atoms with Crippen molar-refractivity contribution in [3.05, 3.63) is 24.5 Å². The van der Waals surface area contributed by atoms with Crippen molar-refractivity contribution in [2.24, 2.45) is 0 Å². The van der Waals surface area contributed by atoms with Gasteiger partial charge in [-0.05, 0) is 12.1 Å². The van der Waals surface area contributed by atoms with Crippen molar-refractivity contribution in [1.82, 2.24) is 9.88 Å². The van der Waals surface area contributed by atoms with Crippen molar-refractivity contribution < 1.29 is 19.8 Å². The molecule has 1 aliphatic heterocycles. The van der Waals surface area contributed by atoms with Crippen LogP contribution in [-0.4, -0.2) is 56.4 Å². The van der Waals surface area contributed by atoms with E-state index in [1.165, 1.54) is 16.7 Å². The number of carbonyl (C=O) groups excluding carboxylic acids is 1. The summed E-state index contributed by atoms with van der Waals surface area (Å²) in [7, 11) is 0. The number of aliphatic carboxylic acids is 1. The number of hydrogen-bond donors (Lipinski definition) is 2. The number of hydrogen-bond acceptors (Lipinski definition) is 5. The second-order valence-corrected chi connectivity index (χ2v) is 5.31. The number of pyridine rings is 1. The van der Waals surface area contributed by atoms with Crippen LogP contribution in [0.15, 0.2) is 29.4 Å². The van der Waals surface area contributed by atoms with E-state index in [0.29, 0.717) is 0 Å². The molecule has 0 saturated carbocycles. The Morgan fingerprint density at radius 1 is 1.42 bits per heavy atom. The summed E-state index contributed by atoms with van der Waals surface area (Å²) in [5.74, 6) is -1.19. The summed E-state index contributed by atoms with van der Waals surface area (Å²) >= 11 is 1.32. The van der Waals surface area contributed by atoms with Crippen LogP contribution in [0.25, 0.3) is 0 Å². The fraction of sp³-hybridized carbons (Fsp3) is 0.417. The zero-order valence-electron chi connectivity index (χ0n) is 10.1. The first-order valence-corrected chi connectivity index (χ1v) is 6.79. The summed E-state index contributed by atoms with van der Waals surface area (Å²) in [6, 6.07) is 2.65. The number of likely N-dealkylation sites (tertiary alicyclic amines) is 1. The predicted molar refractivity (Wildman–Crippen MR) is 68.7 cm³/mol. The van der Waals surface area contributed by atoms with Gasteiger partial charge in [0, 0.05) is 30.3 Å². The van der Waals surface area contributed by atoms with Crippen LogP contribution < -0.4 is 0 Å². The lowest BCUT2D eigenvalue weighted by Crippen LogP contribution is -2.41. The lowest BCUT2D eigenvalue weighted by atomic mass is 10.2. The molecule has 1 aromatic rings. The van der Waals surface area contributed by atoms with E-state index < -0.39 is 18.1 Å². The first kappa shape index (κ1) is 13.8. The Kier molecular flexibility index (Phi) is 4.39. The smallest absolute Gasteiger partial charge is 0.326 e. The van der Waals surface area contributed by atoms with Gasteiger partial charge in [0.1, 0.15) is 6.04 Å². The first-order valence-electron chi connectivity index (χ1n) is 5.81. The lowest BCUT2D eigenvalue weighted by molar-refractivity contribution is -0.147. The molecule has 2 atom stereocenters. The van der Waals surface area contributed by atoms with Gasteiger partial charge >= 0.3 is 5.97 Å². The average molecular weight is 282 g/mol. The zero-order chi connectivity index (χ0) is 13.8. The lowest BCUT2D eigenvalue weighted by Gasteiger charge is -2.20. The SMILES string of the molecule is O=C(O)[C@H]1C[C@@H](O)CN1C(=O)CSc1ccncc1. The maximum Gasteiger partial charge on any atom is 0.326 e. The standard InChI is InChI=1S/C12H14N2O4S/c15-8-5-10(12(17)18)14(6-8)11(16)7-19-9-1-3-13-4-2-9/h1-4,8,10,15H,5-7H2,(H,17,18)/t8-,10-/m1/s1. The van der Waals surface area contributed by atoms with E-state index in [2.05, 4.69) is 4.98 Å². The van der Waals surface area contributed by atoms with Gasteiger partial charge in [0.15, 0.2) is 0 Å². The molecule has 0 unspecified atom stereocenters. The van der Waals surface area contributed by atoms with Crippen LogP contribution in [0.2, 0.25) is 0 Å². The first-order chi connectivity index (χ1) is 9.08. The minimum absolute atomic E-state index is 0.0900. The van der Waals surface area contributed by atoms with Gasteiger partial charge in [-0.1, -0.05) is 0 Å². The average Bonchev–Trinajstić information content (AvgIpc) is 2.79. The van der Waals surface area contributed by atoms with E-state index in [4.69, 9.17) is 5.11 Å². The highest BCUT2D eigenvalue weighted by atomic mass is 32.2. The van der Waals surface area contributed by atoms with Crippen LogP contribution in [0, 0.1) is 0 Å². The number of aliphatic hydroxyl groups is 1. The fourth-order valence-electron chi connectivity index (χ4n) is 1.99. The van der Waals surface area contributed by atoms with E-state index >= 15 is 0 Å². The molecule has 1 aliphatic rings. The number of thioether (sulfide) groups is 1. The summed E-state index contributed by atoms with van der Waals surface area (Å²) in [5, 5.41) is 18.5. The monoisotopic (exact) mass is 282 g/mol. The van der Waals surface area contributed by atoms with Gasteiger partial charge in [0.25, 0.3) is 0 Å². The minimum atomic E-state index is -1.07. The minimum Gasteiger partial charge on any atom is -0.480 e. The molecule has 1 saturated heterocycles. The van der Waals surface area contributed by atoms with Crippen LogP contribution in [0.1, 0.15) is 6.42 Å². The highest BCUT2D eigenvalue weighted by molar-refractivity contribution is 8.00. The third kappa shape index (κ3) is 3.45. The molecule has 19 heavy (non-hydrogen) atoms. The van der Waals surface area contributed by atoms with Gasteiger partial charge in [-0.3, -0.25) is 9.78 Å². The number of rotatable bonds is 4. The highest BCUT2D eigenvalue weighted by Crippen LogP contribution is 2.22. The molecule has 1 amide bonds. The molecule has 1 fully saturated rings. The largest absolute Gasteiger partial charge is 0.480 e. The molecule has 0 bridgehead atoms. The van der Waals surface area contributed by atoms with Gasteiger partial charge in [0.05, 0.1) is 11.9 Å². The maximum absolute atomic E-state index is 12.0. The van der Waals surface area contributed by atoms with Gasteiger partial charge in [-0.2, -0.15) is 0 Å². The van der Waals surface area contributed by atoms with Gasteiger partial charge < -0.3 is 15.1 Å². The Balaban J connectivity index is 1.94. The van der Waals surface area contributed by atoms with Gasteiger partial charge in [-0.25, -0.2) is 4.79 Å². The zero-order valence-corrected chi connectivity index (χ0v) is 10.9. The third-order valence-electron chi connectivity index (χ3n) is 2.90. The summed E-state index contributed by atoms with van der Waals surface area (Å²) in [5.41, 5.74) is 0. The number of amides is 1. The molecule has 102 valence electrons. The highest BCUT2D eigenvalue weighted by Gasteiger charge is 2.38. The number of aromatic nitrogens is 1. The number of β-amino-alcohol motifs (C(OH)–C–C–N with tert-alkyl or cyclic N) is 1. The number of carbonyl (C=O) groups is 2. The normalized spacial score (nSPS) is 22.5. The molecule has 7 heteroatoms. The molecule has 2 rings (SSSR count). The van der Waals surface area contributed by atoms with Gasteiger partial charge in [0.2, 0.25) is 5.91 Å². The molecule has 6 nitrogen and oxygen atoms in total. The Morgan fingerprint density at radius 3 is 2.74 bits per heavy atom. The Labute approximate surface area is 114 Å². The molecule has 1 aromatic heterocycles. The van der Waals surface area contributed by atoms with Crippen LogP contribution in [0.3, 0.4) is 0 Å². The number of carboxylic acid groups (broad SMARTS) is 1. The summed E-state index contributed by atoms with van der Waals surface area (Å²) in [4.78, 5) is 29.0. The van der Waals surface area contributed by atoms with E-state index in [9.17, 15) is 14.7 Å².